The van der Waals surface area contributed by atoms with Gasteiger partial charge in [0.25, 0.3) is 0 Å². The molecule has 0 aromatic heterocycles. The molecular formula is C16H25N2NaO. The van der Waals surface area contributed by atoms with Gasteiger partial charge in [0.05, 0.1) is 6.42 Å². The van der Waals surface area contributed by atoms with Crippen LogP contribution in [0.25, 0.3) is 0 Å². The summed E-state index contributed by atoms with van der Waals surface area (Å²) >= 11 is 0. The molecule has 1 aliphatic rings. The minimum atomic E-state index is 0. The fourth-order valence-corrected chi connectivity index (χ4v) is 2.80. The van der Waals surface area contributed by atoms with Crippen molar-refractivity contribution < 1.29 is 35.8 Å². The Labute approximate surface area is 145 Å². The van der Waals surface area contributed by atoms with E-state index in [4.69, 9.17) is 0 Å². The standard InChI is InChI=1S/C16H24N2O.Na.H/c1-3-9-18(10-4-2)11-8-13-6-5-7-15-14(13)12-16(19)17-15;;/h5-7H,3-4,8-12H2,1-2H3,(H,17,19);;/q;+1;-1. The van der Waals surface area contributed by atoms with Gasteiger partial charge in [-0.2, -0.15) is 0 Å². The number of nitrogens with zero attached hydrogens (tertiary/aromatic N) is 1. The molecule has 0 unspecified atom stereocenters. The van der Waals surface area contributed by atoms with Crippen molar-refractivity contribution in [3.05, 3.63) is 29.3 Å². The van der Waals surface area contributed by atoms with E-state index in [2.05, 4.69) is 30.1 Å². The molecule has 2 rings (SSSR count). The van der Waals surface area contributed by atoms with E-state index >= 15 is 0 Å². The molecule has 0 aliphatic carbocycles. The first-order chi connectivity index (χ1) is 9.24. The summed E-state index contributed by atoms with van der Waals surface area (Å²) in [5, 5.41) is 2.92. The summed E-state index contributed by atoms with van der Waals surface area (Å²) < 4.78 is 0. The van der Waals surface area contributed by atoms with Gasteiger partial charge in [-0.25, -0.2) is 0 Å². The number of anilines is 1. The van der Waals surface area contributed by atoms with Crippen molar-refractivity contribution >= 4 is 11.6 Å². The first kappa shape index (κ1) is 17.7. The molecule has 3 nitrogen and oxygen atoms in total. The fourth-order valence-electron chi connectivity index (χ4n) is 2.80. The Hall–Kier alpha value is -0.350. The second-order valence-corrected chi connectivity index (χ2v) is 5.26. The van der Waals surface area contributed by atoms with Crippen molar-refractivity contribution in [2.24, 2.45) is 0 Å². The maximum absolute atomic E-state index is 11.5. The van der Waals surface area contributed by atoms with Gasteiger partial charge in [0, 0.05) is 12.2 Å². The van der Waals surface area contributed by atoms with Crippen LogP contribution in [0.5, 0.6) is 0 Å². The summed E-state index contributed by atoms with van der Waals surface area (Å²) in [6, 6.07) is 6.21. The number of carbonyl (C=O) groups excluding carboxylic acids is 1. The van der Waals surface area contributed by atoms with Crippen LogP contribution in [0.15, 0.2) is 18.2 Å². The first-order valence-corrected chi connectivity index (χ1v) is 7.37. The van der Waals surface area contributed by atoms with Gasteiger partial charge >= 0.3 is 29.6 Å². The largest absolute Gasteiger partial charge is 1.00 e. The zero-order valence-corrected chi connectivity index (χ0v) is 15.0. The van der Waals surface area contributed by atoms with Crippen LogP contribution in [-0.2, 0) is 17.6 Å². The average Bonchev–Trinajstić information content (AvgIpc) is 2.77. The van der Waals surface area contributed by atoms with Gasteiger partial charge in [0.2, 0.25) is 5.91 Å². The number of fused-ring (bicyclic) bond motifs is 1. The van der Waals surface area contributed by atoms with E-state index in [0.29, 0.717) is 6.42 Å². The maximum atomic E-state index is 11.5. The third-order valence-electron chi connectivity index (χ3n) is 3.66. The summed E-state index contributed by atoms with van der Waals surface area (Å²) in [5.41, 5.74) is 3.55. The predicted octanol–water partition coefficient (Wildman–Crippen LogP) is -0.0378. The topological polar surface area (TPSA) is 32.3 Å². The normalized spacial score (nSPS) is 13.1. The van der Waals surface area contributed by atoms with E-state index < -0.39 is 0 Å². The van der Waals surface area contributed by atoms with Gasteiger partial charge in [-0.1, -0.05) is 26.0 Å². The minimum Gasteiger partial charge on any atom is -1.00 e. The second-order valence-electron chi connectivity index (χ2n) is 5.26. The van der Waals surface area contributed by atoms with Gasteiger partial charge in [0.15, 0.2) is 0 Å². The van der Waals surface area contributed by atoms with Crippen LogP contribution < -0.4 is 34.9 Å². The van der Waals surface area contributed by atoms with Crippen LogP contribution in [0.3, 0.4) is 0 Å². The minimum absolute atomic E-state index is 0. The van der Waals surface area contributed by atoms with E-state index in [1.54, 1.807) is 0 Å². The van der Waals surface area contributed by atoms with Crippen molar-refractivity contribution in [3.63, 3.8) is 0 Å². The van der Waals surface area contributed by atoms with E-state index in [-0.39, 0.29) is 36.9 Å². The summed E-state index contributed by atoms with van der Waals surface area (Å²) in [6.45, 7) is 7.88. The maximum Gasteiger partial charge on any atom is 1.00 e. The molecule has 0 bridgehead atoms. The molecule has 0 radical (unpaired) electrons. The Morgan fingerprint density at radius 3 is 2.55 bits per heavy atom. The van der Waals surface area contributed by atoms with Gasteiger partial charge in [-0.3, -0.25) is 4.79 Å². The number of benzene rings is 1. The second kappa shape index (κ2) is 8.83. The third-order valence-corrected chi connectivity index (χ3v) is 3.66. The number of hydrogen-bond donors (Lipinski definition) is 1. The molecule has 106 valence electrons. The van der Waals surface area contributed by atoms with Crippen LogP contribution in [0.1, 0.15) is 39.2 Å². The first-order valence-electron chi connectivity index (χ1n) is 7.37. The third kappa shape index (κ3) is 4.59. The SMILES string of the molecule is CCCN(CCC)CCc1cccc2c1CC(=O)N2.[H-].[Na+]. The zero-order chi connectivity index (χ0) is 13.7. The predicted molar refractivity (Wildman–Crippen MR) is 80.6 cm³/mol. The molecule has 1 N–H and O–H groups in total. The van der Waals surface area contributed by atoms with Gasteiger partial charge in [0.1, 0.15) is 0 Å². The number of nitrogens with one attached hydrogen (secondary N) is 1. The Morgan fingerprint density at radius 1 is 1.20 bits per heavy atom. The molecule has 0 saturated carbocycles. The molecule has 20 heavy (non-hydrogen) atoms. The van der Waals surface area contributed by atoms with E-state index in [1.807, 2.05) is 12.1 Å². The van der Waals surface area contributed by atoms with Gasteiger partial charge in [-0.05, 0) is 49.5 Å². The molecule has 4 heteroatoms. The zero-order valence-electron chi connectivity index (χ0n) is 14.0. The van der Waals surface area contributed by atoms with E-state index in [1.165, 1.54) is 37.1 Å². The Bertz CT molecular complexity index is 448. The number of rotatable bonds is 7. The van der Waals surface area contributed by atoms with Crippen molar-refractivity contribution in [2.75, 3.05) is 25.0 Å². The van der Waals surface area contributed by atoms with Gasteiger partial charge < -0.3 is 11.6 Å². The van der Waals surface area contributed by atoms with Gasteiger partial charge in [-0.15, -0.1) is 0 Å². The smallest absolute Gasteiger partial charge is 1.00 e. The summed E-state index contributed by atoms with van der Waals surface area (Å²) in [7, 11) is 0. The molecule has 1 heterocycles. The Kier molecular flexibility index (Phi) is 7.82. The summed E-state index contributed by atoms with van der Waals surface area (Å²) in [5.74, 6) is 0.126. The molecule has 1 aromatic rings. The molecule has 0 saturated heterocycles. The molecule has 1 aromatic carbocycles. The van der Waals surface area contributed by atoms with Crippen LogP contribution >= 0.6 is 0 Å². The van der Waals surface area contributed by atoms with Crippen LogP contribution in [0.2, 0.25) is 0 Å². The quantitative estimate of drug-likeness (QED) is 0.713. The van der Waals surface area contributed by atoms with Crippen LogP contribution in [-0.4, -0.2) is 30.4 Å². The van der Waals surface area contributed by atoms with Crippen molar-refractivity contribution in [1.82, 2.24) is 4.90 Å². The molecule has 0 spiro atoms. The average molecular weight is 284 g/mol. The Morgan fingerprint density at radius 2 is 1.90 bits per heavy atom. The Balaban J connectivity index is 0.00000200. The molecule has 1 amide bonds. The van der Waals surface area contributed by atoms with Crippen LogP contribution in [0.4, 0.5) is 5.69 Å². The molecule has 0 atom stereocenters. The summed E-state index contributed by atoms with van der Waals surface area (Å²) in [4.78, 5) is 14.0. The molecule has 1 aliphatic heterocycles. The van der Waals surface area contributed by atoms with E-state index in [9.17, 15) is 4.79 Å². The van der Waals surface area contributed by atoms with Crippen LogP contribution in [0, 0.1) is 0 Å². The molecule has 0 fully saturated rings. The number of amides is 1. The monoisotopic (exact) mass is 284 g/mol. The van der Waals surface area contributed by atoms with Crippen molar-refractivity contribution in [2.45, 2.75) is 39.5 Å². The summed E-state index contributed by atoms with van der Waals surface area (Å²) in [6.07, 6.45) is 3.99. The fraction of sp³-hybridized carbons (Fsp3) is 0.562. The van der Waals surface area contributed by atoms with E-state index in [0.717, 1.165) is 18.7 Å². The molecular weight excluding hydrogens is 259 g/mol. The van der Waals surface area contributed by atoms with Crippen molar-refractivity contribution in [1.29, 1.82) is 0 Å². The number of hydrogen-bond acceptors (Lipinski definition) is 2. The van der Waals surface area contributed by atoms with Crippen molar-refractivity contribution in [3.8, 4) is 0 Å². The number of carbonyl (C=O) groups is 1.